The first-order chi connectivity index (χ1) is 16.6. The summed E-state index contributed by atoms with van der Waals surface area (Å²) in [6, 6.07) is -3.56. The van der Waals surface area contributed by atoms with Gasteiger partial charge in [0.2, 0.25) is 0 Å². The van der Waals surface area contributed by atoms with Gasteiger partial charge in [-0.25, -0.2) is 9.59 Å². The summed E-state index contributed by atoms with van der Waals surface area (Å²) >= 11 is 0. The van der Waals surface area contributed by atoms with Gasteiger partial charge in [-0.15, -0.1) is 0 Å². The van der Waals surface area contributed by atoms with E-state index >= 15 is 0 Å². The Hall–Kier alpha value is -1.89. The first-order valence-electron chi connectivity index (χ1n) is 13.8. The summed E-state index contributed by atoms with van der Waals surface area (Å²) in [6.45, 7) is 6.56. The summed E-state index contributed by atoms with van der Waals surface area (Å²) < 4.78 is -0.541. The van der Waals surface area contributed by atoms with E-state index < -0.39 is 40.5 Å². The zero-order valence-corrected chi connectivity index (χ0v) is 22.7. The van der Waals surface area contributed by atoms with E-state index in [0.29, 0.717) is 6.42 Å². The van der Waals surface area contributed by atoms with E-state index in [4.69, 9.17) is 0 Å². The number of carbonyl (C=O) groups excluding carboxylic acids is 1. The van der Waals surface area contributed by atoms with Crippen molar-refractivity contribution in [2.45, 2.75) is 142 Å². The minimum Gasteiger partial charge on any atom is -0.544 e. The summed E-state index contributed by atoms with van der Waals surface area (Å²) in [5.74, 6) is -3.82. The molecule has 0 aliphatic carbocycles. The molecule has 0 aromatic carbocycles. The van der Waals surface area contributed by atoms with E-state index in [0.717, 1.165) is 25.7 Å². The molecule has 0 bridgehead atoms. The molecule has 0 rings (SSSR count). The maximum absolute atomic E-state index is 11.8. The summed E-state index contributed by atoms with van der Waals surface area (Å²) in [5, 5.41) is 30.9. The van der Waals surface area contributed by atoms with Gasteiger partial charge in [0.05, 0.1) is 12.5 Å². The molecule has 3 unspecified atom stereocenters. The first kappa shape index (κ1) is 33.1. The molecule has 3 atom stereocenters. The van der Waals surface area contributed by atoms with Crippen molar-refractivity contribution >= 4 is 17.9 Å². The molecule has 0 heterocycles. The molecular weight excluding hydrogens is 446 g/mol. The lowest BCUT2D eigenvalue weighted by Crippen LogP contribution is -2.72. The Bertz CT molecular complexity index is 583. The van der Waals surface area contributed by atoms with Gasteiger partial charge in [-0.05, 0) is 59.3 Å². The molecule has 7 nitrogen and oxygen atoms in total. The molecule has 0 saturated heterocycles. The van der Waals surface area contributed by atoms with Crippen molar-refractivity contribution in [3.8, 4) is 0 Å². The number of unbranched alkanes of at least 4 members (excludes halogenated alkanes) is 13. The molecular formula is C28H51NO6. The van der Waals surface area contributed by atoms with Crippen molar-refractivity contribution in [1.29, 1.82) is 0 Å². The molecule has 0 aromatic rings. The van der Waals surface area contributed by atoms with Crippen LogP contribution in [0.2, 0.25) is 0 Å². The molecule has 0 spiro atoms. The topological polar surface area (TPSA) is 115 Å². The normalized spacial score (nSPS) is 16.0. The molecule has 204 valence electrons. The predicted molar refractivity (Wildman–Crippen MR) is 138 cm³/mol. The second-order valence-corrected chi connectivity index (χ2v) is 10.0. The van der Waals surface area contributed by atoms with Crippen LogP contribution in [-0.2, 0) is 14.4 Å². The molecule has 7 heteroatoms. The van der Waals surface area contributed by atoms with Crippen LogP contribution in [0.5, 0.6) is 0 Å². The summed E-state index contributed by atoms with van der Waals surface area (Å²) in [6.07, 6.45) is 21.8. The van der Waals surface area contributed by atoms with Gasteiger partial charge in [0, 0.05) is 0 Å². The van der Waals surface area contributed by atoms with Crippen LogP contribution in [-0.4, -0.2) is 57.3 Å². The fraction of sp³-hybridized carbons (Fsp3) is 0.821. The van der Waals surface area contributed by atoms with E-state index in [1.54, 1.807) is 0 Å². The van der Waals surface area contributed by atoms with Crippen LogP contribution in [0.3, 0.4) is 0 Å². The van der Waals surface area contributed by atoms with Crippen LogP contribution in [0.15, 0.2) is 12.2 Å². The fourth-order valence-corrected chi connectivity index (χ4v) is 5.00. The van der Waals surface area contributed by atoms with Crippen LogP contribution in [0.1, 0.15) is 124 Å². The van der Waals surface area contributed by atoms with Gasteiger partial charge in [-0.2, -0.15) is 0 Å². The van der Waals surface area contributed by atoms with Gasteiger partial charge in [-0.1, -0.05) is 76.9 Å². The number of carboxylic acids is 3. The Balaban J connectivity index is 4.27. The zero-order chi connectivity index (χ0) is 26.7. The van der Waals surface area contributed by atoms with Crippen LogP contribution < -0.4 is 5.11 Å². The Morgan fingerprint density at radius 1 is 0.657 bits per heavy atom. The predicted octanol–water partition coefficient (Wildman–Crippen LogP) is 5.32. The van der Waals surface area contributed by atoms with E-state index in [1.165, 1.54) is 85.0 Å². The third-order valence-electron chi connectivity index (χ3n) is 7.53. The van der Waals surface area contributed by atoms with Crippen molar-refractivity contribution in [2.75, 3.05) is 6.54 Å². The highest BCUT2D eigenvalue weighted by Gasteiger charge is 2.50. The molecule has 0 aromatic heterocycles. The Morgan fingerprint density at radius 3 is 1.40 bits per heavy atom. The average molecular weight is 498 g/mol. The van der Waals surface area contributed by atoms with Gasteiger partial charge in [0.15, 0.2) is 12.1 Å². The Morgan fingerprint density at radius 2 is 1.03 bits per heavy atom. The van der Waals surface area contributed by atoms with Crippen molar-refractivity contribution in [3.63, 3.8) is 0 Å². The monoisotopic (exact) mass is 497 g/mol. The molecule has 0 saturated carbocycles. The second-order valence-electron chi connectivity index (χ2n) is 10.0. The maximum atomic E-state index is 11.8. The first-order valence-corrected chi connectivity index (χ1v) is 13.8. The number of allylic oxidation sites excluding steroid dienone is 2. The quantitative estimate of drug-likeness (QED) is 0.112. The standard InChI is InChI=1S/C28H51NO6/c1-5-6-7-8-9-10-11-12-13-14-15-16-17-18-19-20-21-22-29(23(2)26(30)31,24(3)27(32)33)25(4)28(34)35/h9-10,23-25H,5-8,11-22H2,1-4H3,(H2-,30,31,32,33,34,35)/b10-9+. The lowest BCUT2D eigenvalue weighted by atomic mass is 10.00. The van der Waals surface area contributed by atoms with Crippen LogP contribution in [0, 0.1) is 0 Å². The van der Waals surface area contributed by atoms with Gasteiger partial charge in [0.1, 0.15) is 6.04 Å². The Labute approximate surface area is 213 Å². The van der Waals surface area contributed by atoms with E-state index in [2.05, 4.69) is 19.1 Å². The van der Waals surface area contributed by atoms with Crippen molar-refractivity contribution in [1.82, 2.24) is 0 Å². The smallest absolute Gasteiger partial charge is 0.362 e. The van der Waals surface area contributed by atoms with E-state index in [9.17, 15) is 29.7 Å². The highest BCUT2D eigenvalue weighted by molar-refractivity contribution is 5.76. The number of hydrogen-bond acceptors (Lipinski definition) is 4. The number of rotatable bonds is 23. The molecule has 0 aliphatic rings. The Kier molecular flexibility index (Phi) is 18.3. The third-order valence-corrected chi connectivity index (χ3v) is 7.53. The van der Waals surface area contributed by atoms with Crippen molar-refractivity contribution in [3.05, 3.63) is 12.2 Å². The number of carboxylic acid groups (broad SMARTS) is 3. The highest BCUT2D eigenvalue weighted by atomic mass is 16.4. The van der Waals surface area contributed by atoms with Crippen molar-refractivity contribution < 1.29 is 34.2 Å². The maximum Gasteiger partial charge on any atom is 0.362 e. The lowest BCUT2D eigenvalue weighted by molar-refractivity contribution is -0.969. The molecule has 35 heavy (non-hydrogen) atoms. The number of quaternary nitrogens is 1. The molecule has 0 amide bonds. The third kappa shape index (κ3) is 12.6. The summed E-state index contributed by atoms with van der Waals surface area (Å²) in [7, 11) is 0. The number of hydrogen-bond donors (Lipinski definition) is 2. The zero-order valence-electron chi connectivity index (χ0n) is 22.7. The van der Waals surface area contributed by atoms with Crippen LogP contribution in [0.25, 0.3) is 0 Å². The largest absolute Gasteiger partial charge is 0.544 e. The number of nitrogens with zero attached hydrogens (tertiary/aromatic N) is 1. The number of aliphatic carboxylic acids is 3. The second kappa shape index (κ2) is 19.3. The number of carbonyl (C=O) groups is 3. The minimum absolute atomic E-state index is 0.184. The highest BCUT2D eigenvalue weighted by Crippen LogP contribution is 2.27. The van der Waals surface area contributed by atoms with Gasteiger partial charge < -0.3 is 20.1 Å². The van der Waals surface area contributed by atoms with Gasteiger partial charge >= 0.3 is 11.9 Å². The molecule has 0 fully saturated rings. The van der Waals surface area contributed by atoms with Gasteiger partial charge in [0.25, 0.3) is 0 Å². The minimum atomic E-state index is -1.42. The summed E-state index contributed by atoms with van der Waals surface area (Å²) in [5.41, 5.74) is 0. The van der Waals surface area contributed by atoms with Crippen LogP contribution >= 0.6 is 0 Å². The van der Waals surface area contributed by atoms with Crippen LogP contribution in [0.4, 0.5) is 0 Å². The fourth-order valence-electron chi connectivity index (χ4n) is 5.00. The molecule has 2 N–H and O–H groups in total. The lowest BCUT2D eigenvalue weighted by Gasteiger charge is -2.49. The average Bonchev–Trinajstić information content (AvgIpc) is 2.82. The van der Waals surface area contributed by atoms with Gasteiger partial charge in [-0.3, -0.25) is 4.48 Å². The van der Waals surface area contributed by atoms with Crippen molar-refractivity contribution in [2.24, 2.45) is 0 Å². The summed E-state index contributed by atoms with van der Waals surface area (Å²) in [4.78, 5) is 35.2. The molecule has 0 radical (unpaired) electrons. The molecule has 0 aliphatic heterocycles. The van der Waals surface area contributed by atoms with E-state index in [1.807, 2.05) is 0 Å². The van der Waals surface area contributed by atoms with E-state index in [-0.39, 0.29) is 6.54 Å². The SMILES string of the molecule is CCCCC/C=C/CCCCCCCCCCCC[N+](C(C)C(=O)[O-])(C(C)C(=O)O)C(C)C(=O)O.